The average molecular weight is 441 g/mol. The Balaban J connectivity index is 1.62. The Morgan fingerprint density at radius 3 is 2.55 bits per heavy atom. The number of aromatic nitrogens is 3. The zero-order valence-corrected chi connectivity index (χ0v) is 18.0. The average Bonchev–Trinajstić information content (AvgIpc) is 2.86. The molecule has 0 amide bonds. The number of aryl methyl sites for hydroxylation is 1. The monoisotopic (exact) mass is 441 g/mol. The van der Waals surface area contributed by atoms with Crippen LogP contribution in [0.15, 0.2) is 83.8 Å². The van der Waals surface area contributed by atoms with Crippen molar-refractivity contribution in [1.82, 2.24) is 20.2 Å². The predicted molar refractivity (Wildman–Crippen MR) is 125 cm³/mol. The van der Waals surface area contributed by atoms with E-state index >= 15 is 0 Å². The summed E-state index contributed by atoms with van der Waals surface area (Å²) >= 11 is 0. The van der Waals surface area contributed by atoms with Crippen LogP contribution >= 0.6 is 0 Å². The van der Waals surface area contributed by atoms with E-state index in [-0.39, 0.29) is 11.4 Å². The number of hydrogen-bond donors (Lipinski definition) is 3. The van der Waals surface area contributed by atoms with Gasteiger partial charge < -0.3 is 9.30 Å². The highest BCUT2D eigenvalue weighted by Gasteiger charge is 2.11. The zero-order valence-electron chi connectivity index (χ0n) is 18.0. The van der Waals surface area contributed by atoms with E-state index in [2.05, 4.69) is 10.2 Å². The van der Waals surface area contributed by atoms with Gasteiger partial charge in [0.05, 0.1) is 17.9 Å². The summed E-state index contributed by atoms with van der Waals surface area (Å²) in [5.41, 5.74) is 5.53. The Labute approximate surface area is 190 Å². The van der Waals surface area contributed by atoms with Crippen molar-refractivity contribution in [2.45, 2.75) is 19.9 Å². The summed E-state index contributed by atoms with van der Waals surface area (Å²) in [5.74, 6) is 0.898. The van der Waals surface area contributed by atoms with Gasteiger partial charge in [-0.05, 0) is 55.0 Å². The summed E-state index contributed by atoms with van der Waals surface area (Å²) in [6.07, 6.45) is 2.54. The third kappa shape index (κ3) is 5.13. The van der Waals surface area contributed by atoms with E-state index < -0.39 is 0 Å². The van der Waals surface area contributed by atoms with Crippen molar-refractivity contribution in [3.8, 4) is 22.8 Å². The maximum Gasteiger partial charge on any atom is 0.250 e. The van der Waals surface area contributed by atoms with Crippen molar-refractivity contribution >= 4 is 5.84 Å². The number of nitrogens with zero attached hydrogens (tertiary/aromatic N) is 3. The Kier molecular flexibility index (Phi) is 6.56. The normalized spacial score (nSPS) is 10.6. The van der Waals surface area contributed by atoms with Gasteiger partial charge in [0.15, 0.2) is 0 Å². The second kappa shape index (κ2) is 9.88. The lowest BCUT2D eigenvalue weighted by Gasteiger charge is -2.15. The second-order valence-electron chi connectivity index (χ2n) is 7.37. The maximum absolute atomic E-state index is 12.2. The van der Waals surface area contributed by atoms with E-state index in [4.69, 9.17) is 15.4 Å². The van der Waals surface area contributed by atoms with Crippen LogP contribution in [0.25, 0.3) is 11.3 Å². The molecular formula is C25H23N5O3. The van der Waals surface area contributed by atoms with Crippen LogP contribution in [0, 0.1) is 5.41 Å². The van der Waals surface area contributed by atoms with Gasteiger partial charge in [0, 0.05) is 29.0 Å². The van der Waals surface area contributed by atoms with Crippen molar-refractivity contribution in [1.29, 1.82) is 5.41 Å². The molecule has 0 spiro atoms. The molecule has 4 rings (SSSR count). The molecule has 2 heterocycles. The second-order valence-corrected chi connectivity index (χ2v) is 7.37. The first-order chi connectivity index (χ1) is 16.1. The number of hydroxylamine groups is 1. The molecule has 2 aromatic heterocycles. The molecule has 8 heteroatoms. The third-order valence-electron chi connectivity index (χ3n) is 5.17. The minimum absolute atomic E-state index is 0.128. The number of benzene rings is 2. The van der Waals surface area contributed by atoms with E-state index in [0.717, 1.165) is 28.9 Å². The lowest BCUT2D eigenvalue weighted by molar-refractivity contribution is 0.234. The van der Waals surface area contributed by atoms with Crippen LogP contribution in [0.3, 0.4) is 0 Å². The smallest absolute Gasteiger partial charge is 0.250 e. The Hall–Kier alpha value is -4.30. The predicted octanol–water partition coefficient (Wildman–Crippen LogP) is 4.01. The van der Waals surface area contributed by atoms with Crippen LogP contribution in [0.2, 0.25) is 0 Å². The summed E-state index contributed by atoms with van der Waals surface area (Å²) in [7, 11) is 0. The quantitative estimate of drug-likeness (QED) is 0.227. The van der Waals surface area contributed by atoms with Gasteiger partial charge >= 0.3 is 0 Å². The molecule has 8 nitrogen and oxygen atoms in total. The topological polar surface area (TPSA) is 113 Å². The number of nitrogens with one attached hydrogen (secondary N) is 2. The van der Waals surface area contributed by atoms with Crippen molar-refractivity contribution in [3.05, 3.63) is 106 Å². The lowest BCUT2D eigenvalue weighted by atomic mass is 10.1. The number of hydrogen-bond acceptors (Lipinski definition) is 6. The maximum atomic E-state index is 12.2. The highest BCUT2D eigenvalue weighted by Crippen LogP contribution is 2.29. The Morgan fingerprint density at radius 2 is 1.88 bits per heavy atom. The molecule has 0 unspecified atom stereocenters. The minimum atomic E-state index is -0.160. The number of rotatable bonds is 7. The van der Waals surface area contributed by atoms with Gasteiger partial charge in [-0.25, -0.2) is 0 Å². The fraction of sp³-hybridized carbons (Fsp3) is 0.120. The van der Waals surface area contributed by atoms with E-state index in [1.165, 1.54) is 6.07 Å². The summed E-state index contributed by atoms with van der Waals surface area (Å²) in [4.78, 5) is 12.2. The summed E-state index contributed by atoms with van der Waals surface area (Å²) in [6, 6.07) is 21.4. The van der Waals surface area contributed by atoms with E-state index in [1.54, 1.807) is 41.1 Å². The van der Waals surface area contributed by atoms with E-state index in [0.29, 0.717) is 23.6 Å². The SMILES string of the molecule is CCc1ccc(-c2ccc(Oc3cc(C(=N)NO)ccc3Cn3ccccc3=O)cc2)nn1. The summed E-state index contributed by atoms with van der Waals surface area (Å²) in [5, 5.41) is 25.4. The van der Waals surface area contributed by atoms with Crippen molar-refractivity contribution < 1.29 is 9.94 Å². The van der Waals surface area contributed by atoms with Gasteiger partial charge in [0.1, 0.15) is 17.3 Å². The van der Waals surface area contributed by atoms with Crippen molar-refractivity contribution in [2.24, 2.45) is 0 Å². The van der Waals surface area contributed by atoms with Crippen LogP contribution in [-0.2, 0) is 13.0 Å². The molecule has 33 heavy (non-hydrogen) atoms. The van der Waals surface area contributed by atoms with Gasteiger partial charge in [-0.3, -0.25) is 20.9 Å². The molecular weight excluding hydrogens is 418 g/mol. The fourth-order valence-corrected chi connectivity index (χ4v) is 3.30. The number of ether oxygens (including phenoxy) is 1. The molecule has 0 saturated carbocycles. The van der Waals surface area contributed by atoms with Gasteiger partial charge in [0.25, 0.3) is 5.56 Å². The third-order valence-corrected chi connectivity index (χ3v) is 5.17. The molecule has 166 valence electrons. The van der Waals surface area contributed by atoms with Gasteiger partial charge in [-0.15, -0.1) is 0 Å². The largest absolute Gasteiger partial charge is 0.457 e. The molecule has 0 aliphatic carbocycles. The molecule has 4 aromatic rings. The summed E-state index contributed by atoms with van der Waals surface area (Å²) < 4.78 is 7.70. The van der Waals surface area contributed by atoms with E-state index in [9.17, 15) is 4.79 Å². The van der Waals surface area contributed by atoms with Crippen LogP contribution in [0.4, 0.5) is 0 Å². The Bertz CT molecular complexity index is 1320. The first-order valence-corrected chi connectivity index (χ1v) is 10.5. The molecule has 3 N–H and O–H groups in total. The summed E-state index contributed by atoms with van der Waals surface area (Å²) in [6.45, 7) is 2.33. The molecule has 0 atom stereocenters. The van der Waals surface area contributed by atoms with Gasteiger partial charge in [0.2, 0.25) is 0 Å². The molecule has 0 saturated heterocycles. The van der Waals surface area contributed by atoms with Crippen LogP contribution in [0.5, 0.6) is 11.5 Å². The molecule has 0 fully saturated rings. The van der Waals surface area contributed by atoms with Crippen LogP contribution in [0.1, 0.15) is 23.7 Å². The molecule has 2 aromatic carbocycles. The number of amidine groups is 1. The lowest BCUT2D eigenvalue weighted by Crippen LogP contribution is -2.20. The van der Waals surface area contributed by atoms with Crippen LogP contribution < -0.4 is 15.8 Å². The highest BCUT2D eigenvalue weighted by molar-refractivity contribution is 5.96. The standard InChI is InChI=1S/C25H23N5O3/c1-2-20-10-13-22(28-27-20)17-8-11-21(12-9-17)33-23-15-18(25(26)29-32)6-7-19(23)16-30-14-4-3-5-24(30)31/h3-15,32H,2,16H2,1H3,(H2,26,29). The van der Waals surface area contributed by atoms with Crippen molar-refractivity contribution in [2.75, 3.05) is 0 Å². The van der Waals surface area contributed by atoms with Crippen molar-refractivity contribution in [3.63, 3.8) is 0 Å². The minimum Gasteiger partial charge on any atom is -0.457 e. The fourth-order valence-electron chi connectivity index (χ4n) is 3.30. The Morgan fingerprint density at radius 1 is 1.06 bits per heavy atom. The molecule has 0 aliphatic rings. The van der Waals surface area contributed by atoms with Gasteiger partial charge in [-0.1, -0.05) is 25.1 Å². The van der Waals surface area contributed by atoms with Crippen LogP contribution in [-0.4, -0.2) is 25.8 Å². The molecule has 0 bridgehead atoms. The highest BCUT2D eigenvalue weighted by atomic mass is 16.5. The van der Waals surface area contributed by atoms with E-state index in [1.807, 2.05) is 48.8 Å². The number of pyridine rings is 1. The molecule has 0 aliphatic heterocycles. The first kappa shape index (κ1) is 21.9. The zero-order chi connectivity index (χ0) is 23.2. The first-order valence-electron chi connectivity index (χ1n) is 10.5. The van der Waals surface area contributed by atoms with Gasteiger partial charge in [-0.2, -0.15) is 10.2 Å². The molecule has 0 radical (unpaired) electrons.